The molecule has 0 saturated heterocycles. The number of hydrogen-bond acceptors (Lipinski definition) is 8. The standard InChI is InChI=1S/C21H20N4O4S/c1-27-16-8-7-14(11-18(16)28-2)12-19(26)25-21(22-13-15-5-4-10-30-15)23-20(24-25)17-6-3-9-29-17/h3-11H,12-13H2,1-2H3,(H,22,23,24). The zero-order valence-corrected chi connectivity index (χ0v) is 17.3. The molecule has 0 spiro atoms. The Morgan fingerprint density at radius 1 is 1.17 bits per heavy atom. The fourth-order valence-electron chi connectivity index (χ4n) is 2.93. The molecule has 0 unspecified atom stereocenters. The van der Waals surface area contributed by atoms with Crippen LogP contribution in [0.2, 0.25) is 0 Å². The highest BCUT2D eigenvalue weighted by molar-refractivity contribution is 7.09. The summed E-state index contributed by atoms with van der Waals surface area (Å²) >= 11 is 1.62. The number of methoxy groups -OCH3 is 2. The summed E-state index contributed by atoms with van der Waals surface area (Å²) in [7, 11) is 3.13. The lowest BCUT2D eigenvalue weighted by Gasteiger charge is -2.10. The highest BCUT2D eigenvalue weighted by Crippen LogP contribution is 2.28. The van der Waals surface area contributed by atoms with Gasteiger partial charge in [-0.05, 0) is 41.3 Å². The Hall–Kier alpha value is -3.59. The van der Waals surface area contributed by atoms with Gasteiger partial charge in [0.25, 0.3) is 5.91 Å². The van der Waals surface area contributed by atoms with E-state index >= 15 is 0 Å². The lowest BCUT2D eigenvalue weighted by Crippen LogP contribution is -2.18. The first-order valence-corrected chi connectivity index (χ1v) is 10.1. The van der Waals surface area contributed by atoms with Crippen molar-refractivity contribution in [3.63, 3.8) is 0 Å². The lowest BCUT2D eigenvalue weighted by molar-refractivity contribution is 0.0901. The third-order valence-electron chi connectivity index (χ3n) is 4.39. The number of thiophene rings is 1. The van der Waals surface area contributed by atoms with Gasteiger partial charge in [0.15, 0.2) is 17.3 Å². The van der Waals surface area contributed by atoms with Gasteiger partial charge in [-0.25, -0.2) is 0 Å². The monoisotopic (exact) mass is 424 g/mol. The predicted molar refractivity (Wildman–Crippen MR) is 113 cm³/mol. The van der Waals surface area contributed by atoms with Gasteiger partial charge < -0.3 is 19.2 Å². The van der Waals surface area contributed by atoms with Crippen molar-refractivity contribution >= 4 is 23.2 Å². The smallest absolute Gasteiger partial charge is 0.254 e. The number of hydrogen-bond donors (Lipinski definition) is 1. The van der Waals surface area contributed by atoms with Crippen LogP contribution in [0.3, 0.4) is 0 Å². The molecule has 0 aliphatic rings. The van der Waals surface area contributed by atoms with Crippen LogP contribution in [0, 0.1) is 0 Å². The Balaban J connectivity index is 1.60. The number of benzene rings is 1. The number of anilines is 1. The van der Waals surface area contributed by atoms with Crippen LogP contribution in [0.1, 0.15) is 15.2 Å². The summed E-state index contributed by atoms with van der Waals surface area (Å²) in [6, 6.07) is 12.9. The maximum Gasteiger partial charge on any atom is 0.254 e. The summed E-state index contributed by atoms with van der Waals surface area (Å²) in [5.41, 5.74) is 0.775. The van der Waals surface area contributed by atoms with Crippen LogP contribution in [0.15, 0.2) is 58.5 Å². The van der Waals surface area contributed by atoms with E-state index in [1.807, 2.05) is 23.6 Å². The number of ether oxygens (including phenoxy) is 2. The third kappa shape index (κ3) is 4.20. The van der Waals surface area contributed by atoms with Crippen LogP contribution in [0.25, 0.3) is 11.6 Å². The average molecular weight is 424 g/mol. The first-order chi connectivity index (χ1) is 14.7. The molecule has 1 aromatic carbocycles. The molecule has 8 nitrogen and oxygen atoms in total. The molecule has 0 radical (unpaired) electrons. The molecular weight excluding hydrogens is 404 g/mol. The summed E-state index contributed by atoms with van der Waals surface area (Å²) in [4.78, 5) is 18.6. The molecule has 0 fully saturated rings. The molecule has 0 atom stereocenters. The summed E-state index contributed by atoms with van der Waals surface area (Å²) in [5.74, 6) is 2.13. The van der Waals surface area contributed by atoms with E-state index in [4.69, 9.17) is 13.9 Å². The predicted octanol–water partition coefficient (Wildman–Crippen LogP) is 4.11. The average Bonchev–Trinajstić information content (AvgIpc) is 3.53. The van der Waals surface area contributed by atoms with Gasteiger partial charge in [-0.3, -0.25) is 4.79 Å². The van der Waals surface area contributed by atoms with E-state index in [1.54, 1.807) is 56.1 Å². The molecule has 154 valence electrons. The second-order valence-electron chi connectivity index (χ2n) is 6.34. The maximum absolute atomic E-state index is 13.1. The molecule has 0 aliphatic carbocycles. The van der Waals surface area contributed by atoms with E-state index in [2.05, 4.69) is 15.4 Å². The molecule has 0 amide bonds. The van der Waals surface area contributed by atoms with Crippen LogP contribution in [0.4, 0.5) is 5.95 Å². The van der Waals surface area contributed by atoms with E-state index < -0.39 is 0 Å². The van der Waals surface area contributed by atoms with Gasteiger partial charge in [-0.1, -0.05) is 12.1 Å². The number of nitrogens with zero attached hydrogens (tertiary/aromatic N) is 3. The zero-order chi connectivity index (χ0) is 20.9. The van der Waals surface area contributed by atoms with Crippen molar-refractivity contribution in [1.29, 1.82) is 0 Å². The molecule has 9 heteroatoms. The molecule has 0 bridgehead atoms. The van der Waals surface area contributed by atoms with Gasteiger partial charge >= 0.3 is 0 Å². The lowest BCUT2D eigenvalue weighted by atomic mass is 10.1. The summed E-state index contributed by atoms with van der Waals surface area (Å²) in [6.45, 7) is 0.539. The van der Waals surface area contributed by atoms with Crippen LogP contribution in [-0.2, 0) is 13.0 Å². The van der Waals surface area contributed by atoms with E-state index in [1.165, 1.54) is 4.68 Å². The number of carbonyl (C=O) groups excluding carboxylic acids is 1. The molecular formula is C21H20N4O4S. The first-order valence-electron chi connectivity index (χ1n) is 9.19. The Kier molecular flexibility index (Phi) is 5.80. The minimum atomic E-state index is -0.235. The van der Waals surface area contributed by atoms with Gasteiger partial charge in [0.1, 0.15) is 0 Å². The third-order valence-corrected chi connectivity index (χ3v) is 5.27. The van der Waals surface area contributed by atoms with Crippen LogP contribution >= 0.6 is 11.3 Å². The van der Waals surface area contributed by atoms with Crippen molar-refractivity contribution < 1.29 is 18.7 Å². The van der Waals surface area contributed by atoms with Crippen molar-refractivity contribution in [3.8, 4) is 23.1 Å². The van der Waals surface area contributed by atoms with Crippen LogP contribution in [0.5, 0.6) is 11.5 Å². The summed E-state index contributed by atoms with van der Waals surface area (Å²) in [5, 5.41) is 9.57. The Morgan fingerprint density at radius 3 is 2.73 bits per heavy atom. The number of aromatic nitrogens is 3. The summed E-state index contributed by atoms with van der Waals surface area (Å²) < 4.78 is 17.2. The largest absolute Gasteiger partial charge is 0.493 e. The fraction of sp³-hybridized carbons (Fsp3) is 0.190. The van der Waals surface area contributed by atoms with E-state index in [0.717, 1.165) is 10.4 Å². The number of rotatable bonds is 8. The molecule has 0 saturated carbocycles. The number of carbonyl (C=O) groups is 1. The molecule has 3 heterocycles. The quantitative estimate of drug-likeness (QED) is 0.455. The highest BCUT2D eigenvalue weighted by atomic mass is 32.1. The molecule has 1 N–H and O–H groups in total. The summed E-state index contributed by atoms with van der Waals surface area (Å²) in [6.07, 6.45) is 1.66. The normalized spacial score (nSPS) is 10.7. The topological polar surface area (TPSA) is 91.4 Å². The second-order valence-corrected chi connectivity index (χ2v) is 7.37. The van der Waals surface area contributed by atoms with E-state index in [9.17, 15) is 4.79 Å². The van der Waals surface area contributed by atoms with Gasteiger partial charge in [-0.2, -0.15) is 9.67 Å². The van der Waals surface area contributed by atoms with Gasteiger partial charge in [0.05, 0.1) is 33.4 Å². The van der Waals surface area contributed by atoms with Gasteiger partial charge in [0, 0.05) is 4.88 Å². The molecule has 4 aromatic rings. The van der Waals surface area contributed by atoms with Gasteiger partial charge in [0.2, 0.25) is 11.8 Å². The van der Waals surface area contributed by atoms with Crippen molar-refractivity contribution in [2.75, 3.05) is 19.5 Å². The highest BCUT2D eigenvalue weighted by Gasteiger charge is 2.19. The van der Waals surface area contributed by atoms with Gasteiger partial charge in [-0.15, -0.1) is 16.4 Å². The Labute approximate surface area is 177 Å². The SMILES string of the molecule is COc1ccc(CC(=O)n2nc(-c3ccco3)nc2NCc2cccs2)cc1OC. The zero-order valence-electron chi connectivity index (χ0n) is 16.5. The van der Waals surface area contributed by atoms with Crippen molar-refractivity contribution in [1.82, 2.24) is 14.8 Å². The molecule has 0 aliphatic heterocycles. The van der Waals surface area contributed by atoms with Crippen LogP contribution < -0.4 is 14.8 Å². The second kappa shape index (κ2) is 8.83. The number of nitrogens with one attached hydrogen (secondary N) is 1. The number of furan rings is 1. The van der Waals surface area contributed by atoms with Crippen LogP contribution in [-0.4, -0.2) is 34.9 Å². The van der Waals surface area contributed by atoms with E-state index in [-0.39, 0.29) is 12.3 Å². The minimum absolute atomic E-state index is 0.120. The fourth-order valence-corrected chi connectivity index (χ4v) is 3.57. The Bertz CT molecular complexity index is 1120. The van der Waals surface area contributed by atoms with E-state index in [0.29, 0.717) is 35.6 Å². The van der Waals surface area contributed by atoms with Crippen molar-refractivity contribution in [2.24, 2.45) is 0 Å². The minimum Gasteiger partial charge on any atom is -0.493 e. The van der Waals surface area contributed by atoms with Crippen molar-refractivity contribution in [3.05, 3.63) is 64.5 Å². The Morgan fingerprint density at radius 2 is 2.03 bits per heavy atom. The molecule has 30 heavy (non-hydrogen) atoms. The van der Waals surface area contributed by atoms with Crippen molar-refractivity contribution in [2.45, 2.75) is 13.0 Å². The maximum atomic E-state index is 13.1. The first kappa shape index (κ1) is 19.7. The molecule has 4 rings (SSSR count). The molecule has 3 aromatic heterocycles.